The molecule has 0 amide bonds. The molecule has 0 spiro atoms. The Labute approximate surface area is 128 Å². The fourth-order valence-corrected chi connectivity index (χ4v) is 3.09. The summed E-state index contributed by atoms with van der Waals surface area (Å²) in [5.74, 6) is 0. The van der Waals surface area contributed by atoms with Gasteiger partial charge in [-0.25, -0.2) is 0 Å². The summed E-state index contributed by atoms with van der Waals surface area (Å²) in [6.07, 6.45) is 1.05. The smallest absolute Gasteiger partial charge is 0.0628 e. The van der Waals surface area contributed by atoms with Crippen molar-refractivity contribution in [2.24, 2.45) is 0 Å². The molecule has 0 aliphatic carbocycles. The molecule has 21 heavy (non-hydrogen) atoms. The first-order chi connectivity index (χ1) is 10.1. The van der Waals surface area contributed by atoms with E-state index in [1.54, 1.807) is 0 Å². The van der Waals surface area contributed by atoms with E-state index in [-0.39, 0.29) is 0 Å². The Bertz CT molecular complexity index is 599. The number of aryl methyl sites for hydroxylation is 2. The summed E-state index contributed by atoms with van der Waals surface area (Å²) < 4.78 is 2.16. The maximum atomic E-state index is 4.73. The number of rotatable bonds is 6. The summed E-state index contributed by atoms with van der Waals surface area (Å²) in [4.78, 5) is 0. The van der Waals surface area contributed by atoms with E-state index in [2.05, 4.69) is 68.9 Å². The Balaban J connectivity index is 2.31. The minimum Gasteiger partial charge on any atom is -0.309 e. The molecule has 1 aromatic heterocycles. The Morgan fingerprint density at radius 3 is 2.43 bits per heavy atom. The quantitative estimate of drug-likeness (QED) is 0.876. The lowest BCUT2D eigenvalue weighted by Gasteiger charge is -2.21. The van der Waals surface area contributed by atoms with Crippen LogP contribution in [0.15, 0.2) is 24.3 Å². The van der Waals surface area contributed by atoms with Crippen molar-refractivity contribution in [1.29, 1.82) is 0 Å². The average Bonchev–Trinajstić information content (AvgIpc) is 2.73. The average molecular weight is 285 g/mol. The lowest BCUT2D eigenvalue weighted by molar-refractivity contribution is 0.439. The fraction of sp³-hybridized carbons (Fsp3) is 0.500. The van der Waals surface area contributed by atoms with Gasteiger partial charge in [0.05, 0.1) is 18.3 Å². The molecular weight excluding hydrogens is 258 g/mol. The molecule has 0 saturated carbocycles. The van der Waals surface area contributed by atoms with Crippen LogP contribution in [-0.2, 0) is 13.0 Å². The van der Waals surface area contributed by atoms with Crippen LogP contribution in [0.4, 0.5) is 0 Å². The van der Waals surface area contributed by atoms with Gasteiger partial charge < -0.3 is 5.32 Å². The molecule has 2 rings (SSSR count). The van der Waals surface area contributed by atoms with Crippen molar-refractivity contribution in [2.75, 3.05) is 6.54 Å². The van der Waals surface area contributed by atoms with E-state index >= 15 is 0 Å². The number of likely N-dealkylation sites (N-methyl/N-ethyl adjacent to an activating group) is 1. The summed E-state index contributed by atoms with van der Waals surface area (Å²) in [6.45, 7) is 12.7. The summed E-state index contributed by atoms with van der Waals surface area (Å²) in [7, 11) is 0. The molecule has 1 unspecified atom stereocenters. The predicted molar refractivity (Wildman–Crippen MR) is 88.7 cm³/mol. The summed E-state index contributed by atoms with van der Waals surface area (Å²) in [5.41, 5.74) is 6.54. The molecule has 2 aromatic rings. The van der Waals surface area contributed by atoms with Crippen LogP contribution in [0, 0.1) is 20.8 Å². The highest BCUT2D eigenvalue weighted by molar-refractivity contribution is 5.29. The number of benzene rings is 1. The second kappa shape index (κ2) is 6.90. The SMILES string of the molecule is CCNC(Cn1nc(C)c(CC)c1C)c1ccccc1C. The predicted octanol–water partition coefficient (Wildman–Crippen LogP) is 3.72. The van der Waals surface area contributed by atoms with E-state index < -0.39 is 0 Å². The third-order valence-corrected chi connectivity index (χ3v) is 4.25. The Morgan fingerprint density at radius 1 is 1.14 bits per heavy atom. The highest BCUT2D eigenvalue weighted by Gasteiger charge is 2.17. The molecule has 0 aliphatic rings. The van der Waals surface area contributed by atoms with Crippen LogP contribution < -0.4 is 5.32 Å². The van der Waals surface area contributed by atoms with E-state index in [9.17, 15) is 0 Å². The van der Waals surface area contributed by atoms with Gasteiger partial charge in [0.25, 0.3) is 0 Å². The molecule has 1 N–H and O–H groups in total. The molecule has 0 fully saturated rings. The first kappa shape index (κ1) is 15.8. The van der Waals surface area contributed by atoms with Crippen LogP contribution >= 0.6 is 0 Å². The monoisotopic (exact) mass is 285 g/mol. The molecule has 1 aromatic carbocycles. The normalized spacial score (nSPS) is 12.6. The van der Waals surface area contributed by atoms with Gasteiger partial charge in [0.2, 0.25) is 0 Å². The summed E-state index contributed by atoms with van der Waals surface area (Å²) in [6, 6.07) is 8.91. The minimum atomic E-state index is 0.305. The first-order valence-electron chi connectivity index (χ1n) is 7.90. The number of hydrogen-bond acceptors (Lipinski definition) is 2. The Morgan fingerprint density at radius 2 is 1.86 bits per heavy atom. The van der Waals surface area contributed by atoms with E-state index in [0.717, 1.165) is 25.2 Å². The van der Waals surface area contributed by atoms with Crippen LogP contribution in [0.5, 0.6) is 0 Å². The van der Waals surface area contributed by atoms with Crippen molar-refractivity contribution in [3.63, 3.8) is 0 Å². The molecule has 0 saturated heterocycles. The zero-order chi connectivity index (χ0) is 15.4. The number of nitrogens with zero attached hydrogens (tertiary/aromatic N) is 2. The third kappa shape index (κ3) is 3.35. The van der Waals surface area contributed by atoms with Crippen molar-refractivity contribution in [3.8, 4) is 0 Å². The highest BCUT2D eigenvalue weighted by atomic mass is 15.3. The molecule has 1 atom stereocenters. The topological polar surface area (TPSA) is 29.9 Å². The van der Waals surface area contributed by atoms with Gasteiger partial charge in [-0.1, -0.05) is 38.1 Å². The van der Waals surface area contributed by atoms with Crippen LogP contribution in [0.1, 0.15) is 48.0 Å². The number of nitrogens with one attached hydrogen (secondary N) is 1. The number of aromatic nitrogens is 2. The van der Waals surface area contributed by atoms with Crippen molar-refractivity contribution >= 4 is 0 Å². The zero-order valence-electron chi connectivity index (χ0n) is 13.9. The second-order valence-corrected chi connectivity index (χ2v) is 5.65. The summed E-state index contributed by atoms with van der Waals surface area (Å²) >= 11 is 0. The second-order valence-electron chi connectivity index (χ2n) is 5.65. The van der Waals surface area contributed by atoms with Gasteiger partial charge >= 0.3 is 0 Å². The summed E-state index contributed by atoms with van der Waals surface area (Å²) in [5, 5.41) is 8.34. The van der Waals surface area contributed by atoms with Gasteiger partial charge in [0, 0.05) is 5.69 Å². The zero-order valence-corrected chi connectivity index (χ0v) is 13.9. The van der Waals surface area contributed by atoms with Crippen LogP contribution in [-0.4, -0.2) is 16.3 Å². The van der Waals surface area contributed by atoms with Crippen LogP contribution in [0.3, 0.4) is 0 Å². The van der Waals surface area contributed by atoms with E-state index in [1.165, 1.54) is 22.4 Å². The van der Waals surface area contributed by atoms with Gasteiger partial charge in [0.15, 0.2) is 0 Å². The molecule has 114 valence electrons. The van der Waals surface area contributed by atoms with Gasteiger partial charge in [-0.3, -0.25) is 4.68 Å². The minimum absolute atomic E-state index is 0.305. The van der Waals surface area contributed by atoms with Crippen molar-refractivity contribution < 1.29 is 0 Å². The molecular formula is C18H27N3. The first-order valence-corrected chi connectivity index (χ1v) is 7.90. The fourth-order valence-electron chi connectivity index (χ4n) is 3.09. The molecule has 0 bridgehead atoms. The molecule has 0 aliphatic heterocycles. The van der Waals surface area contributed by atoms with Crippen molar-refractivity contribution in [3.05, 3.63) is 52.3 Å². The molecule has 1 heterocycles. The molecule has 3 heteroatoms. The van der Waals surface area contributed by atoms with Gasteiger partial charge in [0.1, 0.15) is 0 Å². The highest BCUT2D eigenvalue weighted by Crippen LogP contribution is 2.21. The van der Waals surface area contributed by atoms with Crippen LogP contribution in [0.2, 0.25) is 0 Å². The van der Waals surface area contributed by atoms with Crippen LogP contribution in [0.25, 0.3) is 0 Å². The van der Waals surface area contributed by atoms with Crippen molar-refractivity contribution in [2.45, 2.75) is 53.6 Å². The third-order valence-electron chi connectivity index (χ3n) is 4.25. The standard InChI is InChI=1S/C18H27N3/c1-6-16-14(4)20-21(15(16)5)12-18(19-7-2)17-11-9-8-10-13(17)3/h8-11,18-19H,6-7,12H2,1-5H3. The van der Waals surface area contributed by atoms with E-state index in [1.807, 2.05) is 0 Å². The maximum absolute atomic E-state index is 4.73. The van der Waals surface area contributed by atoms with Gasteiger partial charge in [-0.2, -0.15) is 5.10 Å². The van der Waals surface area contributed by atoms with E-state index in [0.29, 0.717) is 6.04 Å². The Hall–Kier alpha value is -1.61. The largest absolute Gasteiger partial charge is 0.309 e. The molecule has 3 nitrogen and oxygen atoms in total. The van der Waals surface area contributed by atoms with Gasteiger partial charge in [-0.05, 0) is 50.4 Å². The van der Waals surface area contributed by atoms with Crippen molar-refractivity contribution in [1.82, 2.24) is 15.1 Å². The number of hydrogen-bond donors (Lipinski definition) is 1. The Kier molecular flexibility index (Phi) is 5.18. The lowest BCUT2D eigenvalue weighted by atomic mass is 10.0. The molecule has 0 radical (unpaired) electrons. The van der Waals surface area contributed by atoms with E-state index in [4.69, 9.17) is 5.10 Å². The van der Waals surface area contributed by atoms with Gasteiger partial charge in [-0.15, -0.1) is 0 Å². The lowest BCUT2D eigenvalue weighted by Crippen LogP contribution is -2.27. The maximum Gasteiger partial charge on any atom is 0.0628 e.